The molecule has 1 aromatic carbocycles. The normalized spacial score (nSPS) is 19.7. The zero-order chi connectivity index (χ0) is 13.2. The van der Waals surface area contributed by atoms with E-state index >= 15 is 0 Å². The molecular weight excluding hydrogens is 238 g/mol. The molecule has 0 saturated carbocycles. The molecule has 19 heavy (non-hydrogen) atoms. The standard InChI is InChI=1S/C15H19N3O/c1-18-10-17-13-8-11(5-6-14(13)18)15(19)9-12-4-2-3-7-16-12/h5-6,8,10,12,16H,2-4,7,9H2,1H3. The summed E-state index contributed by atoms with van der Waals surface area (Å²) in [5, 5.41) is 3.42. The molecule has 0 spiro atoms. The Labute approximate surface area is 112 Å². The molecule has 0 aliphatic carbocycles. The van der Waals surface area contributed by atoms with Crippen LogP contribution in [-0.2, 0) is 7.05 Å². The molecule has 1 aromatic heterocycles. The van der Waals surface area contributed by atoms with Crippen molar-refractivity contribution in [3.8, 4) is 0 Å². The monoisotopic (exact) mass is 257 g/mol. The molecule has 1 N–H and O–H groups in total. The molecule has 1 unspecified atom stereocenters. The third-order valence-electron chi connectivity index (χ3n) is 3.89. The van der Waals surface area contributed by atoms with Gasteiger partial charge >= 0.3 is 0 Å². The summed E-state index contributed by atoms with van der Waals surface area (Å²) in [4.78, 5) is 16.6. The van der Waals surface area contributed by atoms with E-state index in [4.69, 9.17) is 0 Å². The van der Waals surface area contributed by atoms with Crippen LogP contribution in [0.5, 0.6) is 0 Å². The van der Waals surface area contributed by atoms with Crippen molar-refractivity contribution >= 4 is 16.8 Å². The van der Waals surface area contributed by atoms with Gasteiger partial charge < -0.3 is 9.88 Å². The number of ketones is 1. The molecule has 3 rings (SSSR count). The highest BCUT2D eigenvalue weighted by atomic mass is 16.1. The lowest BCUT2D eigenvalue weighted by Crippen LogP contribution is -2.35. The van der Waals surface area contributed by atoms with Crippen LogP contribution in [0.25, 0.3) is 11.0 Å². The maximum Gasteiger partial charge on any atom is 0.164 e. The van der Waals surface area contributed by atoms with Gasteiger partial charge in [-0.15, -0.1) is 0 Å². The summed E-state index contributed by atoms with van der Waals surface area (Å²) in [5.41, 5.74) is 2.73. The van der Waals surface area contributed by atoms with Crippen molar-refractivity contribution in [2.45, 2.75) is 31.7 Å². The van der Waals surface area contributed by atoms with Crippen molar-refractivity contribution in [2.75, 3.05) is 6.54 Å². The maximum atomic E-state index is 12.3. The topological polar surface area (TPSA) is 46.9 Å². The number of carbonyl (C=O) groups is 1. The van der Waals surface area contributed by atoms with Gasteiger partial charge in [0.15, 0.2) is 5.78 Å². The van der Waals surface area contributed by atoms with Crippen LogP contribution in [0.15, 0.2) is 24.5 Å². The molecule has 1 aliphatic heterocycles. The van der Waals surface area contributed by atoms with E-state index in [-0.39, 0.29) is 5.78 Å². The van der Waals surface area contributed by atoms with Gasteiger partial charge in [-0.3, -0.25) is 4.79 Å². The number of Topliss-reactive ketones (excluding diaryl/α,β-unsaturated/α-hetero) is 1. The number of hydrogen-bond donors (Lipinski definition) is 1. The number of hydrogen-bond acceptors (Lipinski definition) is 3. The van der Waals surface area contributed by atoms with Gasteiger partial charge in [0.05, 0.1) is 17.4 Å². The van der Waals surface area contributed by atoms with Gasteiger partial charge in [0.25, 0.3) is 0 Å². The van der Waals surface area contributed by atoms with Crippen molar-refractivity contribution in [3.63, 3.8) is 0 Å². The molecule has 1 aliphatic rings. The zero-order valence-corrected chi connectivity index (χ0v) is 11.2. The molecule has 1 atom stereocenters. The predicted octanol–water partition coefficient (Wildman–Crippen LogP) is 2.29. The minimum absolute atomic E-state index is 0.215. The van der Waals surface area contributed by atoms with E-state index in [2.05, 4.69) is 10.3 Å². The van der Waals surface area contributed by atoms with Crippen LogP contribution in [0, 0.1) is 0 Å². The molecule has 0 radical (unpaired) electrons. The Morgan fingerprint density at radius 1 is 1.47 bits per heavy atom. The molecule has 2 aromatic rings. The number of rotatable bonds is 3. The highest BCUT2D eigenvalue weighted by Gasteiger charge is 2.17. The number of nitrogens with one attached hydrogen (secondary N) is 1. The first-order valence-corrected chi connectivity index (χ1v) is 6.92. The first-order chi connectivity index (χ1) is 9.24. The third kappa shape index (κ3) is 2.54. The van der Waals surface area contributed by atoms with E-state index in [1.807, 2.05) is 29.8 Å². The van der Waals surface area contributed by atoms with Crippen molar-refractivity contribution in [1.82, 2.24) is 14.9 Å². The molecule has 100 valence electrons. The largest absolute Gasteiger partial charge is 0.334 e. The van der Waals surface area contributed by atoms with Crippen LogP contribution in [0.3, 0.4) is 0 Å². The molecule has 1 saturated heterocycles. The minimum atomic E-state index is 0.215. The van der Waals surface area contributed by atoms with Gasteiger partial charge in [-0.2, -0.15) is 0 Å². The first kappa shape index (κ1) is 12.4. The van der Waals surface area contributed by atoms with E-state index in [1.165, 1.54) is 12.8 Å². The summed E-state index contributed by atoms with van der Waals surface area (Å²) in [7, 11) is 1.96. The Hall–Kier alpha value is -1.68. The number of carbonyl (C=O) groups excluding carboxylic acids is 1. The number of aryl methyl sites for hydroxylation is 1. The van der Waals surface area contributed by atoms with Gasteiger partial charge in [0.1, 0.15) is 0 Å². The van der Waals surface area contributed by atoms with Gasteiger partial charge in [0, 0.05) is 25.1 Å². The summed E-state index contributed by atoms with van der Waals surface area (Å²) in [6, 6.07) is 6.14. The quantitative estimate of drug-likeness (QED) is 0.858. The SMILES string of the molecule is Cn1cnc2cc(C(=O)CC3CCCCN3)ccc21. The summed E-state index contributed by atoms with van der Waals surface area (Å²) >= 11 is 0. The number of fused-ring (bicyclic) bond motifs is 1. The Balaban J connectivity index is 1.77. The number of benzene rings is 1. The van der Waals surface area contributed by atoms with Crippen molar-refractivity contribution in [3.05, 3.63) is 30.1 Å². The number of aromatic nitrogens is 2. The van der Waals surface area contributed by atoms with Crippen LogP contribution in [-0.4, -0.2) is 27.9 Å². The molecular formula is C15H19N3O. The van der Waals surface area contributed by atoms with Crippen LogP contribution < -0.4 is 5.32 Å². The fourth-order valence-corrected chi connectivity index (χ4v) is 2.75. The van der Waals surface area contributed by atoms with E-state index < -0.39 is 0 Å². The summed E-state index contributed by atoms with van der Waals surface area (Å²) < 4.78 is 1.96. The van der Waals surface area contributed by atoms with Crippen molar-refractivity contribution in [2.24, 2.45) is 7.05 Å². The highest BCUT2D eigenvalue weighted by Crippen LogP contribution is 2.17. The van der Waals surface area contributed by atoms with E-state index in [0.717, 1.165) is 29.6 Å². The molecule has 4 nitrogen and oxygen atoms in total. The van der Waals surface area contributed by atoms with Gasteiger partial charge in [-0.25, -0.2) is 4.98 Å². The smallest absolute Gasteiger partial charge is 0.164 e. The van der Waals surface area contributed by atoms with Gasteiger partial charge in [-0.05, 0) is 37.6 Å². The lowest BCUT2D eigenvalue weighted by Gasteiger charge is -2.22. The molecule has 2 heterocycles. The third-order valence-corrected chi connectivity index (χ3v) is 3.89. The second-order valence-electron chi connectivity index (χ2n) is 5.33. The van der Waals surface area contributed by atoms with Crippen LogP contribution in [0.1, 0.15) is 36.0 Å². The average Bonchev–Trinajstić information content (AvgIpc) is 2.81. The molecule has 1 fully saturated rings. The Morgan fingerprint density at radius 2 is 2.37 bits per heavy atom. The van der Waals surface area contributed by atoms with Gasteiger partial charge in [-0.1, -0.05) is 6.42 Å². The summed E-state index contributed by atoms with van der Waals surface area (Å²) in [6.07, 6.45) is 5.94. The first-order valence-electron chi connectivity index (χ1n) is 6.92. The van der Waals surface area contributed by atoms with Crippen LogP contribution in [0.4, 0.5) is 0 Å². The lowest BCUT2D eigenvalue weighted by molar-refractivity contribution is 0.0964. The van der Waals surface area contributed by atoms with Crippen molar-refractivity contribution in [1.29, 1.82) is 0 Å². The Bertz CT molecular complexity index is 596. The number of piperidine rings is 1. The van der Waals surface area contributed by atoms with Gasteiger partial charge in [0.2, 0.25) is 0 Å². The number of nitrogens with zero attached hydrogens (tertiary/aromatic N) is 2. The van der Waals surface area contributed by atoms with E-state index in [1.54, 1.807) is 6.33 Å². The minimum Gasteiger partial charge on any atom is -0.334 e. The lowest BCUT2D eigenvalue weighted by atomic mass is 9.97. The van der Waals surface area contributed by atoms with E-state index in [9.17, 15) is 4.79 Å². The predicted molar refractivity (Wildman–Crippen MR) is 75.3 cm³/mol. The average molecular weight is 257 g/mol. The van der Waals surface area contributed by atoms with Crippen LogP contribution in [0.2, 0.25) is 0 Å². The Morgan fingerprint density at radius 3 is 3.16 bits per heavy atom. The zero-order valence-electron chi connectivity index (χ0n) is 11.2. The molecule has 0 amide bonds. The fraction of sp³-hybridized carbons (Fsp3) is 0.467. The second-order valence-corrected chi connectivity index (χ2v) is 5.33. The highest BCUT2D eigenvalue weighted by molar-refractivity contribution is 5.99. The fourth-order valence-electron chi connectivity index (χ4n) is 2.75. The number of imidazole rings is 1. The Kier molecular flexibility index (Phi) is 3.34. The summed E-state index contributed by atoms with van der Waals surface area (Å²) in [5.74, 6) is 0.215. The van der Waals surface area contributed by atoms with Crippen LogP contribution >= 0.6 is 0 Å². The maximum absolute atomic E-state index is 12.3. The molecule has 0 bridgehead atoms. The van der Waals surface area contributed by atoms with E-state index in [0.29, 0.717) is 12.5 Å². The summed E-state index contributed by atoms with van der Waals surface area (Å²) in [6.45, 7) is 1.04. The van der Waals surface area contributed by atoms with Crippen molar-refractivity contribution < 1.29 is 4.79 Å². The molecule has 4 heteroatoms. The second kappa shape index (κ2) is 5.13.